The van der Waals surface area contributed by atoms with Crippen molar-refractivity contribution in [3.63, 3.8) is 0 Å². The first-order valence-electron chi connectivity index (χ1n) is 5.15. The third-order valence-corrected chi connectivity index (χ3v) is 2.22. The lowest BCUT2D eigenvalue weighted by Crippen LogP contribution is -1.83. The van der Waals surface area contributed by atoms with Gasteiger partial charge in [-0.05, 0) is 36.6 Å². The Hall–Kier alpha value is -2.01. The Bertz CT molecular complexity index is 409. The lowest BCUT2D eigenvalue weighted by Gasteiger charge is -2.00. The van der Waals surface area contributed by atoms with Gasteiger partial charge in [-0.1, -0.05) is 18.2 Å². The minimum absolute atomic E-state index is 0.742. The van der Waals surface area contributed by atoms with Gasteiger partial charge in [0.25, 0.3) is 0 Å². The van der Waals surface area contributed by atoms with Gasteiger partial charge in [0.1, 0.15) is 5.75 Å². The summed E-state index contributed by atoms with van der Waals surface area (Å²) >= 11 is 0. The largest absolute Gasteiger partial charge is 0.497 e. The lowest BCUT2D eigenvalue weighted by atomic mass is 10.1. The second-order valence-electron chi connectivity index (χ2n) is 3.38. The summed E-state index contributed by atoms with van der Waals surface area (Å²) in [4.78, 5) is 0. The zero-order valence-electron chi connectivity index (χ0n) is 9.44. The number of nitriles is 1. The number of hydrogen-bond donors (Lipinski definition) is 0. The summed E-state index contributed by atoms with van der Waals surface area (Å²) in [5, 5.41) is 8.94. The summed E-state index contributed by atoms with van der Waals surface area (Å²) in [5.41, 5.74) is 1.78. The molecular formula is C14H15NO. The highest BCUT2D eigenvalue weighted by Gasteiger charge is 1.96. The molecule has 0 saturated heterocycles. The summed E-state index contributed by atoms with van der Waals surface area (Å²) in [6, 6.07) is 9.83. The van der Waals surface area contributed by atoms with Crippen LogP contribution in [0.15, 0.2) is 42.5 Å². The molecule has 0 unspecified atom stereocenters. The number of ether oxygens (including phenoxy) is 1. The minimum Gasteiger partial charge on any atom is -0.497 e. The first-order chi connectivity index (χ1) is 7.80. The molecule has 0 aliphatic rings. The van der Waals surface area contributed by atoms with Crippen LogP contribution in [0, 0.1) is 11.3 Å². The van der Waals surface area contributed by atoms with Gasteiger partial charge in [-0.15, -0.1) is 6.58 Å². The van der Waals surface area contributed by atoms with Crippen LogP contribution in [-0.2, 0) is 0 Å². The minimum atomic E-state index is 0.742. The van der Waals surface area contributed by atoms with Crippen LogP contribution in [0.3, 0.4) is 0 Å². The topological polar surface area (TPSA) is 33.0 Å². The van der Waals surface area contributed by atoms with Gasteiger partial charge in [-0.25, -0.2) is 0 Å². The number of rotatable bonds is 5. The Labute approximate surface area is 96.5 Å². The molecule has 1 aromatic rings. The maximum Gasteiger partial charge on any atom is 0.118 e. The van der Waals surface area contributed by atoms with Gasteiger partial charge in [-0.3, -0.25) is 0 Å². The standard InChI is InChI=1S/C14H15NO/c1-3-4-5-13(11-15)10-12-6-8-14(16-2)9-7-12/h3,6-10H,1,4-5H2,2H3/b13-10-. The Morgan fingerprint density at radius 3 is 2.62 bits per heavy atom. The van der Waals surface area contributed by atoms with Crippen LogP contribution in [0.25, 0.3) is 6.08 Å². The molecule has 0 aromatic heterocycles. The fraction of sp³-hybridized carbons (Fsp3) is 0.214. The molecular weight excluding hydrogens is 198 g/mol. The number of allylic oxidation sites excluding steroid dienone is 2. The molecule has 82 valence electrons. The van der Waals surface area contributed by atoms with Crippen molar-refractivity contribution in [3.8, 4) is 11.8 Å². The predicted octanol–water partition coefficient (Wildman–Crippen LogP) is 3.57. The summed E-state index contributed by atoms with van der Waals surface area (Å²) in [5.74, 6) is 0.821. The average Bonchev–Trinajstić information content (AvgIpc) is 2.35. The molecule has 0 bridgehead atoms. The van der Waals surface area contributed by atoms with Crippen molar-refractivity contribution in [2.75, 3.05) is 7.11 Å². The van der Waals surface area contributed by atoms with E-state index in [0.717, 1.165) is 29.7 Å². The quantitative estimate of drug-likeness (QED) is 0.553. The highest BCUT2D eigenvalue weighted by Crippen LogP contribution is 2.15. The van der Waals surface area contributed by atoms with Gasteiger partial charge in [-0.2, -0.15) is 5.26 Å². The summed E-state index contributed by atoms with van der Waals surface area (Å²) in [7, 11) is 1.63. The van der Waals surface area contributed by atoms with Crippen LogP contribution >= 0.6 is 0 Å². The maximum absolute atomic E-state index is 8.94. The van der Waals surface area contributed by atoms with Gasteiger partial charge in [0, 0.05) is 5.57 Å². The van der Waals surface area contributed by atoms with Crippen molar-refractivity contribution in [1.29, 1.82) is 5.26 Å². The smallest absolute Gasteiger partial charge is 0.118 e. The normalized spacial score (nSPS) is 10.6. The Morgan fingerprint density at radius 1 is 1.44 bits per heavy atom. The third-order valence-electron chi connectivity index (χ3n) is 2.22. The molecule has 0 radical (unpaired) electrons. The predicted molar refractivity (Wildman–Crippen MR) is 66.0 cm³/mol. The van der Waals surface area contributed by atoms with Crippen molar-refractivity contribution in [2.45, 2.75) is 12.8 Å². The molecule has 0 fully saturated rings. The van der Waals surface area contributed by atoms with E-state index in [-0.39, 0.29) is 0 Å². The van der Waals surface area contributed by atoms with Crippen LogP contribution in [-0.4, -0.2) is 7.11 Å². The number of hydrogen-bond acceptors (Lipinski definition) is 2. The fourth-order valence-electron chi connectivity index (χ4n) is 1.32. The zero-order chi connectivity index (χ0) is 11.8. The number of nitrogens with zero attached hydrogens (tertiary/aromatic N) is 1. The molecule has 1 rings (SSSR count). The third kappa shape index (κ3) is 3.62. The molecule has 2 heteroatoms. The maximum atomic E-state index is 8.94. The van der Waals surface area contributed by atoms with E-state index in [1.807, 2.05) is 36.4 Å². The number of benzene rings is 1. The summed E-state index contributed by atoms with van der Waals surface area (Å²) in [6.45, 7) is 3.64. The zero-order valence-corrected chi connectivity index (χ0v) is 9.44. The van der Waals surface area contributed by atoms with Crippen molar-refractivity contribution >= 4 is 6.08 Å². The van der Waals surface area contributed by atoms with Crippen LogP contribution in [0.2, 0.25) is 0 Å². The second-order valence-corrected chi connectivity index (χ2v) is 3.38. The van der Waals surface area contributed by atoms with Gasteiger partial charge in [0.15, 0.2) is 0 Å². The first-order valence-corrected chi connectivity index (χ1v) is 5.15. The molecule has 2 nitrogen and oxygen atoms in total. The molecule has 0 heterocycles. The molecule has 0 saturated carbocycles. The van der Waals surface area contributed by atoms with Crippen molar-refractivity contribution in [2.24, 2.45) is 0 Å². The van der Waals surface area contributed by atoms with E-state index in [1.165, 1.54) is 0 Å². The number of methoxy groups -OCH3 is 1. The monoisotopic (exact) mass is 213 g/mol. The molecule has 0 aliphatic carbocycles. The summed E-state index contributed by atoms with van der Waals surface area (Å²) < 4.78 is 5.07. The van der Waals surface area contributed by atoms with E-state index in [1.54, 1.807) is 7.11 Å². The van der Waals surface area contributed by atoms with Crippen LogP contribution in [0.1, 0.15) is 18.4 Å². The Kier molecular flexibility index (Phi) is 4.88. The highest BCUT2D eigenvalue weighted by molar-refractivity contribution is 5.57. The van der Waals surface area contributed by atoms with E-state index < -0.39 is 0 Å². The van der Waals surface area contributed by atoms with E-state index in [0.29, 0.717) is 0 Å². The van der Waals surface area contributed by atoms with E-state index in [2.05, 4.69) is 12.6 Å². The van der Waals surface area contributed by atoms with E-state index in [9.17, 15) is 0 Å². The van der Waals surface area contributed by atoms with E-state index in [4.69, 9.17) is 10.00 Å². The summed E-state index contributed by atoms with van der Waals surface area (Å²) in [6.07, 6.45) is 5.28. The van der Waals surface area contributed by atoms with Gasteiger partial charge in [0.2, 0.25) is 0 Å². The van der Waals surface area contributed by atoms with Crippen molar-refractivity contribution < 1.29 is 4.74 Å². The Balaban J connectivity index is 2.79. The molecule has 0 aliphatic heterocycles. The second kappa shape index (κ2) is 6.47. The highest BCUT2D eigenvalue weighted by atomic mass is 16.5. The van der Waals surface area contributed by atoms with Crippen molar-refractivity contribution in [3.05, 3.63) is 48.1 Å². The van der Waals surface area contributed by atoms with E-state index >= 15 is 0 Å². The molecule has 16 heavy (non-hydrogen) atoms. The fourth-order valence-corrected chi connectivity index (χ4v) is 1.32. The van der Waals surface area contributed by atoms with Gasteiger partial charge >= 0.3 is 0 Å². The van der Waals surface area contributed by atoms with Gasteiger partial charge < -0.3 is 4.74 Å². The molecule has 0 spiro atoms. The average molecular weight is 213 g/mol. The first kappa shape index (κ1) is 12.1. The Morgan fingerprint density at radius 2 is 2.12 bits per heavy atom. The van der Waals surface area contributed by atoms with Crippen molar-refractivity contribution in [1.82, 2.24) is 0 Å². The van der Waals surface area contributed by atoms with Crippen LogP contribution < -0.4 is 4.74 Å². The molecule has 1 aromatic carbocycles. The lowest BCUT2D eigenvalue weighted by molar-refractivity contribution is 0.415. The SMILES string of the molecule is C=CCC/C(C#N)=C/c1ccc(OC)cc1. The van der Waals surface area contributed by atoms with Gasteiger partial charge in [0.05, 0.1) is 13.2 Å². The molecule has 0 N–H and O–H groups in total. The molecule has 0 amide bonds. The van der Waals surface area contributed by atoms with Crippen LogP contribution in [0.4, 0.5) is 0 Å². The van der Waals surface area contributed by atoms with Crippen LogP contribution in [0.5, 0.6) is 5.75 Å². The molecule has 0 atom stereocenters.